The highest BCUT2D eigenvalue weighted by atomic mass is 19.4. The van der Waals surface area contributed by atoms with Crippen molar-refractivity contribution in [3.8, 4) is 0 Å². The number of nitrogens with zero attached hydrogens (tertiary/aromatic N) is 6. The number of hydrogen-bond donors (Lipinski definition) is 2. The summed E-state index contributed by atoms with van der Waals surface area (Å²) in [5.74, 6) is -7.39. The number of rotatable bonds is 9. The van der Waals surface area contributed by atoms with Crippen molar-refractivity contribution in [3.63, 3.8) is 0 Å². The van der Waals surface area contributed by atoms with Gasteiger partial charge in [-0.3, -0.25) is 14.3 Å². The molecule has 3 aromatic heterocycles. The van der Waals surface area contributed by atoms with E-state index in [-0.39, 0.29) is 42.3 Å². The molecule has 3 aliphatic rings. The van der Waals surface area contributed by atoms with E-state index in [0.717, 1.165) is 4.68 Å². The third-order valence-corrected chi connectivity index (χ3v) is 9.50. The Morgan fingerprint density at radius 1 is 1.12 bits per heavy atom. The summed E-state index contributed by atoms with van der Waals surface area (Å²) in [7, 11) is 0. The minimum absolute atomic E-state index is 0.0404. The van der Waals surface area contributed by atoms with Crippen LogP contribution in [0.5, 0.6) is 0 Å². The second kappa shape index (κ2) is 13.6. The fourth-order valence-electron chi connectivity index (χ4n) is 6.88. The van der Waals surface area contributed by atoms with Gasteiger partial charge in [-0.25, -0.2) is 32.0 Å². The zero-order chi connectivity index (χ0) is 34.2. The number of nitrogens with one attached hydrogen (secondary N) is 2. The molecule has 2 amide bonds. The number of carbonyl (C=O) groups excluding carboxylic acids is 2. The lowest BCUT2D eigenvalue weighted by atomic mass is 9.81. The largest absolute Gasteiger partial charge is 0.393 e. The van der Waals surface area contributed by atoms with Crippen LogP contribution in [0.15, 0.2) is 18.5 Å². The topological polar surface area (TPSA) is 128 Å². The Morgan fingerprint density at radius 2 is 1.85 bits per heavy atom. The maximum Gasteiger partial charge on any atom is 0.393 e. The number of aromatic nitrogens is 6. The summed E-state index contributed by atoms with van der Waals surface area (Å²) in [4.78, 5) is 35.5. The van der Waals surface area contributed by atoms with Gasteiger partial charge in [-0.15, -0.1) is 0 Å². The Balaban J connectivity index is 1.35. The molecular formula is C30H35F7N8O3. The highest BCUT2D eigenvalue weighted by Crippen LogP contribution is 2.42. The van der Waals surface area contributed by atoms with Crippen molar-refractivity contribution in [2.45, 2.75) is 88.4 Å². The van der Waals surface area contributed by atoms with E-state index < -0.39 is 86.5 Å². The van der Waals surface area contributed by atoms with Gasteiger partial charge in [0.05, 0.1) is 35.2 Å². The summed E-state index contributed by atoms with van der Waals surface area (Å²) < 4.78 is 103. The Labute approximate surface area is 270 Å². The Bertz CT molecular complexity index is 1610. The molecule has 0 bridgehead atoms. The van der Waals surface area contributed by atoms with E-state index >= 15 is 0 Å². The van der Waals surface area contributed by atoms with Gasteiger partial charge in [-0.1, -0.05) is 0 Å². The maximum absolute atomic E-state index is 14.1. The van der Waals surface area contributed by atoms with Gasteiger partial charge in [0.15, 0.2) is 0 Å². The molecule has 262 valence electrons. The number of alkyl halides is 7. The number of hydrogen-bond acceptors (Lipinski definition) is 7. The third-order valence-electron chi connectivity index (χ3n) is 9.50. The zero-order valence-corrected chi connectivity index (χ0v) is 25.7. The van der Waals surface area contributed by atoms with Gasteiger partial charge in [0.1, 0.15) is 12.2 Å². The van der Waals surface area contributed by atoms with E-state index in [0.29, 0.717) is 37.4 Å². The standard InChI is InChI=1S/C30H35F7N8O3/c31-23(32)15-44-22(3-8-39-44)27(47)41-25(16-1-6-29(33,34)7-2-16)21-14-45-28(40-21)42-24(17-4-9-48-10-5-17)20(43-45)12-18-11-19(30(35,36)37)13-38-26(18)46/h3,8,14,16-19,23,25H,1-2,4-7,9-13,15H2,(H,38,46)(H,41,47)/t18-,19-,25+/m1/s1. The molecular weight excluding hydrogens is 653 g/mol. The SMILES string of the molecule is O=C(N[C@H](c1cn2nc(C[C@H]3C[C@@H](C(F)(F)F)CNC3=O)c(C3CCOCC3)nc2n1)C1CCC(F)(F)CC1)c1ccnn1CC(F)F. The van der Waals surface area contributed by atoms with Gasteiger partial charge in [0, 0.05) is 57.1 Å². The number of piperidine rings is 1. The lowest BCUT2D eigenvalue weighted by molar-refractivity contribution is -0.183. The lowest BCUT2D eigenvalue weighted by Gasteiger charge is -2.33. The number of halogens is 7. The van der Waals surface area contributed by atoms with Gasteiger partial charge in [0.25, 0.3) is 18.1 Å². The summed E-state index contributed by atoms with van der Waals surface area (Å²) >= 11 is 0. The highest BCUT2D eigenvalue weighted by molar-refractivity contribution is 5.92. The van der Waals surface area contributed by atoms with Crippen molar-refractivity contribution in [3.05, 3.63) is 41.2 Å². The molecule has 3 fully saturated rings. The molecule has 0 radical (unpaired) electrons. The summed E-state index contributed by atoms with van der Waals surface area (Å²) in [6, 6.07) is 0.340. The molecule has 48 heavy (non-hydrogen) atoms. The van der Waals surface area contributed by atoms with E-state index in [2.05, 4.69) is 25.8 Å². The molecule has 2 saturated heterocycles. The molecule has 0 aromatic carbocycles. The van der Waals surface area contributed by atoms with Crippen molar-refractivity contribution < 1.29 is 45.1 Å². The van der Waals surface area contributed by atoms with Gasteiger partial charge in [-0.2, -0.15) is 23.4 Å². The van der Waals surface area contributed by atoms with Crippen molar-refractivity contribution in [2.75, 3.05) is 19.8 Å². The number of fused-ring (bicyclic) bond motifs is 1. The average molecular weight is 689 g/mol. The van der Waals surface area contributed by atoms with Gasteiger partial charge in [0.2, 0.25) is 11.8 Å². The minimum atomic E-state index is -4.48. The molecule has 3 atom stereocenters. The second-order valence-electron chi connectivity index (χ2n) is 12.8. The summed E-state index contributed by atoms with van der Waals surface area (Å²) in [5, 5.41) is 13.6. The lowest BCUT2D eigenvalue weighted by Crippen LogP contribution is -2.47. The summed E-state index contributed by atoms with van der Waals surface area (Å²) in [6.07, 6.45) is -4.72. The van der Waals surface area contributed by atoms with Crippen molar-refractivity contribution >= 4 is 17.6 Å². The van der Waals surface area contributed by atoms with Crippen LogP contribution in [-0.2, 0) is 22.5 Å². The Hall–Kier alpha value is -3.83. The molecule has 18 heteroatoms. The molecule has 1 aliphatic carbocycles. The molecule has 5 heterocycles. The van der Waals surface area contributed by atoms with E-state index in [1.165, 1.54) is 23.0 Å². The van der Waals surface area contributed by atoms with Gasteiger partial charge in [-0.05, 0) is 44.1 Å². The van der Waals surface area contributed by atoms with E-state index in [1.807, 2.05) is 0 Å². The number of ether oxygens (including phenoxy) is 1. The molecule has 0 unspecified atom stereocenters. The number of amides is 2. The monoisotopic (exact) mass is 688 g/mol. The van der Waals surface area contributed by atoms with Crippen molar-refractivity contribution in [2.24, 2.45) is 17.8 Å². The first-order valence-corrected chi connectivity index (χ1v) is 15.9. The molecule has 11 nitrogen and oxygen atoms in total. The van der Waals surface area contributed by atoms with Gasteiger partial charge < -0.3 is 15.4 Å². The van der Waals surface area contributed by atoms with Crippen LogP contribution in [0.25, 0.3) is 5.78 Å². The van der Waals surface area contributed by atoms with E-state index in [1.54, 1.807) is 0 Å². The first kappa shape index (κ1) is 34.0. The quantitative estimate of drug-likeness (QED) is 0.314. The zero-order valence-electron chi connectivity index (χ0n) is 25.7. The van der Waals surface area contributed by atoms with Crippen molar-refractivity contribution in [1.29, 1.82) is 0 Å². The molecule has 3 aromatic rings. The molecule has 6 rings (SSSR count). The molecule has 2 aliphatic heterocycles. The van der Waals surface area contributed by atoms with Crippen molar-refractivity contribution in [1.82, 2.24) is 40.0 Å². The van der Waals surface area contributed by atoms with Crippen LogP contribution >= 0.6 is 0 Å². The first-order valence-electron chi connectivity index (χ1n) is 15.9. The van der Waals surface area contributed by atoms with Crippen LogP contribution in [0.2, 0.25) is 0 Å². The van der Waals surface area contributed by atoms with Crippen LogP contribution in [0, 0.1) is 17.8 Å². The number of imidazole rings is 1. The normalized spacial score (nSPS) is 23.4. The molecule has 2 N–H and O–H groups in total. The minimum Gasteiger partial charge on any atom is -0.381 e. The first-order chi connectivity index (χ1) is 22.8. The smallest absolute Gasteiger partial charge is 0.381 e. The van der Waals surface area contributed by atoms with Crippen LogP contribution < -0.4 is 10.6 Å². The fourth-order valence-corrected chi connectivity index (χ4v) is 6.88. The van der Waals surface area contributed by atoms with Crippen LogP contribution in [0.1, 0.15) is 84.5 Å². The van der Waals surface area contributed by atoms with Crippen LogP contribution in [0.4, 0.5) is 30.7 Å². The van der Waals surface area contributed by atoms with Crippen LogP contribution in [0.3, 0.4) is 0 Å². The summed E-state index contributed by atoms with van der Waals surface area (Å²) in [5.41, 5.74) is 0.906. The maximum atomic E-state index is 14.1. The van der Waals surface area contributed by atoms with E-state index in [4.69, 9.17) is 9.72 Å². The average Bonchev–Trinajstić information content (AvgIpc) is 3.67. The van der Waals surface area contributed by atoms with E-state index in [9.17, 15) is 40.3 Å². The van der Waals surface area contributed by atoms with Crippen LogP contribution in [-0.4, -0.2) is 79.5 Å². The Morgan fingerprint density at radius 3 is 2.54 bits per heavy atom. The molecule has 1 saturated carbocycles. The predicted molar refractivity (Wildman–Crippen MR) is 153 cm³/mol. The Kier molecular flexibility index (Phi) is 9.64. The fraction of sp³-hybridized carbons (Fsp3) is 0.667. The third kappa shape index (κ3) is 7.57. The highest BCUT2D eigenvalue weighted by Gasteiger charge is 2.45. The second-order valence-corrected chi connectivity index (χ2v) is 12.8. The van der Waals surface area contributed by atoms with Gasteiger partial charge >= 0.3 is 6.18 Å². The molecule has 0 spiro atoms. The summed E-state index contributed by atoms with van der Waals surface area (Å²) in [6.45, 7) is -0.457. The number of carbonyl (C=O) groups is 2. The predicted octanol–water partition coefficient (Wildman–Crippen LogP) is 4.63.